The van der Waals surface area contributed by atoms with Crippen molar-refractivity contribution in [1.82, 2.24) is 4.90 Å². The van der Waals surface area contributed by atoms with Crippen molar-refractivity contribution in [2.45, 2.75) is 12.1 Å². The number of carbonyl (C=O) groups is 2. The van der Waals surface area contributed by atoms with Crippen molar-refractivity contribution < 1.29 is 14.3 Å². The van der Waals surface area contributed by atoms with Crippen molar-refractivity contribution in [2.75, 3.05) is 6.54 Å². The van der Waals surface area contributed by atoms with Crippen LogP contribution in [0, 0.1) is 0 Å². The first-order valence-corrected chi connectivity index (χ1v) is 9.32. The van der Waals surface area contributed by atoms with Crippen molar-refractivity contribution in [3.8, 4) is 5.75 Å². The standard InChI is InChI=1S/C19H17NO3Se/c1-2-13-20-16(19(22)24-15-11-7-4-8-12-15)17(18(20)21)23-14-9-5-3-6-10-14/h2-12,16-17H,1,13H2/t16-,17-/m1/s1. The van der Waals surface area contributed by atoms with Crippen LogP contribution in [0.15, 0.2) is 73.3 Å². The average molecular weight is 386 g/mol. The molecule has 4 nitrogen and oxygen atoms in total. The monoisotopic (exact) mass is 387 g/mol. The Bertz CT molecular complexity index is 733. The molecule has 2 atom stereocenters. The molecule has 0 bridgehead atoms. The molecule has 0 spiro atoms. The number of amides is 1. The third kappa shape index (κ3) is 3.42. The molecule has 1 aliphatic rings. The van der Waals surface area contributed by atoms with Crippen molar-refractivity contribution in [3.05, 3.63) is 73.3 Å². The summed E-state index contributed by atoms with van der Waals surface area (Å²) in [7, 11) is 0. The average Bonchev–Trinajstić information content (AvgIpc) is 2.62. The van der Waals surface area contributed by atoms with Gasteiger partial charge in [0, 0.05) is 0 Å². The molecule has 1 heterocycles. The molecule has 2 aromatic carbocycles. The zero-order chi connectivity index (χ0) is 16.9. The van der Waals surface area contributed by atoms with E-state index in [1.807, 2.05) is 48.5 Å². The fraction of sp³-hybridized carbons (Fsp3) is 0.158. The van der Waals surface area contributed by atoms with Gasteiger partial charge < -0.3 is 0 Å². The van der Waals surface area contributed by atoms with Gasteiger partial charge in [0.2, 0.25) is 0 Å². The van der Waals surface area contributed by atoms with Gasteiger partial charge in [-0.25, -0.2) is 0 Å². The second-order valence-electron chi connectivity index (χ2n) is 5.31. The van der Waals surface area contributed by atoms with Crippen LogP contribution in [0.5, 0.6) is 5.75 Å². The van der Waals surface area contributed by atoms with E-state index in [1.165, 1.54) is 4.90 Å². The Kier molecular flexibility index (Phi) is 5.14. The van der Waals surface area contributed by atoms with Gasteiger partial charge in [-0.05, 0) is 0 Å². The summed E-state index contributed by atoms with van der Waals surface area (Å²) in [5.74, 6) is 0.431. The first-order chi connectivity index (χ1) is 11.7. The minimum atomic E-state index is -0.745. The van der Waals surface area contributed by atoms with E-state index in [1.54, 1.807) is 18.2 Å². The molecule has 24 heavy (non-hydrogen) atoms. The summed E-state index contributed by atoms with van der Waals surface area (Å²) in [5, 5.41) is 0. The minimum absolute atomic E-state index is 0.0380. The number of nitrogens with zero attached hydrogens (tertiary/aromatic N) is 1. The number of hydrogen-bond acceptors (Lipinski definition) is 3. The van der Waals surface area contributed by atoms with E-state index in [-0.39, 0.29) is 25.5 Å². The van der Waals surface area contributed by atoms with Gasteiger partial charge >= 0.3 is 147 Å². The number of ether oxygens (including phenoxy) is 1. The van der Waals surface area contributed by atoms with Crippen molar-refractivity contribution in [3.63, 3.8) is 0 Å². The number of likely N-dealkylation sites (tertiary alicyclic amines) is 1. The van der Waals surface area contributed by atoms with Gasteiger partial charge in [-0.3, -0.25) is 0 Å². The Morgan fingerprint density at radius 3 is 2.38 bits per heavy atom. The van der Waals surface area contributed by atoms with Gasteiger partial charge in [0.1, 0.15) is 0 Å². The third-order valence-corrected chi connectivity index (χ3v) is 5.68. The van der Waals surface area contributed by atoms with Gasteiger partial charge in [-0.1, -0.05) is 0 Å². The summed E-state index contributed by atoms with van der Waals surface area (Å²) in [6.07, 6.45) is 0.886. The van der Waals surface area contributed by atoms with Crippen LogP contribution in [0.3, 0.4) is 0 Å². The molecule has 0 aliphatic carbocycles. The summed E-state index contributed by atoms with van der Waals surface area (Å²) < 4.78 is 6.80. The molecule has 1 fully saturated rings. The van der Waals surface area contributed by atoms with Crippen molar-refractivity contribution in [1.29, 1.82) is 0 Å². The van der Waals surface area contributed by atoms with E-state index in [0.717, 1.165) is 4.46 Å². The summed E-state index contributed by atoms with van der Waals surface area (Å²) in [5.41, 5.74) is 0. The van der Waals surface area contributed by atoms with Crippen LogP contribution in [0.2, 0.25) is 0 Å². The second-order valence-corrected chi connectivity index (χ2v) is 7.57. The molecule has 3 rings (SSSR count). The molecule has 0 unspecified atom stereocenters. The van der Waals surface area contributed by atoms with Crippen LogP contribution in [0.25, 0.3) is 0 Å². The van der Waals surface area contributed by atoms with Gasteiger partial charge in [0.15, 0.2) is 0 Å². The molecule has 2 aromatic rings. The number of benzene rings is 2. The van der Waals surface area contributed by atoms with E-state index in [0.29, 0.717) is 12.3 Å². The fourth-order valence-corrected chi connectivity index (χ4v) is 4.42. The molecule has 1 saturated heterocycles. The Morgan fingerprint density at radius 1 is 1.12 bits per heavy atom. The topological polar surface area (TPSA) is 46.6 Å². The number of carbonyl (C=O) groups excluding carboxylic acids is 2. The van der Waals surface area contributed by atoms with Crippen LogP contribution in [-0.2, 0) is 9.59 Å². The summed E-state index contributed by atoms with van der Waals surface area (Å²) in [6.45, 7) is 4.02. The van der Waals surface area contributed by atoms with E-state index >= 15 is 0 Å². The summed E-state index contributed by atoms with van der Waals surface area (Å²) in [6, 6.07) is 18.2. The van der Waals surface area contributed by atoms with Crippen LogP contribution in [-0.4, -0.2) is 49.1 Å². The third-order valence-electron chi connectivity index (χ3n) is 3.68. The second kappa shape index (κ2) is 7.47. The summed E-state index contributed by atoms with van der Waals surface area (Å²) in [4.78, 5) is 26.6. The zero-order valence-corrected chi connectivity index (χ0v) is 14.7. The molecule has 0 aromatic heterocycles. The van der Waals surface area contributed by atoms with Crippen LogP contribution in [0.4, 0.5) is 0 Å². The maximum atomic E-state index is 12.7. The fourth-order valence-electron chi connectivity index (χ4n) is 2.54. The van der Waals surface area contributed by atoms with E-state index in [9.17, 15) is 9.59 Å². The van der Waals surface area contributed by atoms with Crippen molar-refractivity contribution in [2.24, 2.45) is 0 Å². The van der Waals surface area contributed by atoms with E-state index in [2.05, 4.69) is 6.58 Å². The Labute approximate surface area is 147 Å². The maximum absolute atomic E-state index is 12.7. The number of rotatable bonds is 7. The predicted molar refractivity (Wildman–Crippen MR) is 93.4 cm³/mol. The molecular weight excluding hydrogens is 369 g/mol. The van der Waals surface area contributed by atoms with Gasteiger partial charge in [0.25, 0.3) is 0 Å². The number of para-hydroxylation sites is 1. The summed E-state index contributed by atoms with van der Waals surface area (Å²) >= 11 is -0.357. The quantitative estimate of drug-likeness (QED) is 0.411. The number of hydrogen-bond donors (Lipinski definition) is 0. The van der Waals surface area contributed by atoms with E-state index in [4.69, 9.17) is 4.74 Å². The Balaban J connectivity index is 1.76. The van der Waals surface area contributed by atoms with Crippen molar-refractivity contribution >= 4 is 30.0 Å². The molecule has 122 valence electrons. The normalized spacial score (nSPS) is 19.5. The molecule has 5 heteroatoms. The molecule has 0 saturated carbocycles. The van der Waals surface area contributed by atoms with Gasteiger partial charge in [0.05, 0.1) is 0 Å². The molecule has 0 N–H and O–H groups in total. The van der Waals surface area contributed by atoms with Gasteiger partial charge in [-0.15, -0.1) is 0 Å². The van der Waals surface area contributed by atoms with Crippen LogP contribution < -0.4 is 9.20 Å². The van der Waals surface area contributed by atoms with Gasteiger partial charge in [-0.2, -0.15) is 0 Å². The van der Waals surface area contributed by atoms with E-state index < -0.39 is 12.1 Å². The molecule has 0 radical (unpaired) electrons. The predicted octanol–water partition coefficient (Wildman–Crippen LogP) is 1.39. The zero-order valence-electron chi connectivity index (χ0n) is 13.0. The SMILES string of the molecule is C=CCN1C(=O)[C@H](Oc2ccccc2)[C@@H]1C(=O)[Se]c1ccccc1. The molecule has 1 amide bonds. The molecular formula is C19H17NO3Se. The first-order valence-electron chi connectivity index (χ1n) is 7.60. The van der Waals surface area contributed by atoms with Crippen LogP contribution in [0.1, 0.15) is 0 Å². The molecule has 1 aliphatic heterocycles. The Morgan fingerprint density at radius 2 is 1.75 bits per heavy atom. The van der Waals surface area contributed by atoms with Crippen LogP contribution >= 0.6 is 0 Å². The Hall–Kier alpha value is -2.36. The first kappa shape index (κ1) is 16.5. The number of β-lactam (4-membered cyclic amide) rings is 1.